The van der Waals surface area contributed by atoms with Crippen LogP contribution in [0, 0.1) is 12.7 Å². The zero-order valence-corrected chi connectivity index (χ0v) is 13.0. The number of ether oxygens (including phenoxy) is 1. The molecule has 0 unspecified atom stereocenters. The van der Waals surface area contributed by atoms with E-state index in [0.29, 0.717) is 24.3 Å². The quantitative estimate of drug-likeness (QED) is 0.772. The summed E-state index contributed by atoms with van der Waals surface area (Å²) < 4.78 is 18.7. The molecule has 1 amide bonds. The average Bonchev–Trinajstić information content (AvgIpc) is 2.57. The van der Waals surface area contributed by atoms with Crippen LogP contribution in [0.25, 0.3) is 11.1 Å². The standard InChI is InChI=1S/C18H20FNO3/c1-13-16(3-2-4-17(13)19)14-5-7-15(8-6-14)18(22)20-9-11-23-12-10-21/h2-8,21H,9-12H2,1H3,(H,20,22). The van der Waals surface area contributed by atoms with Crippen molar-refractivity contribution in [2.24, 2.45) is 0 Å². The predicted molar refractivity (Wildman–Crippen MR) is 86.8 cm³/mol. The molecule has 0 aliphatic heterocycles. The SMILES string of the molecule is Cc1c(F)cccc1-c1ccc(C(=O)NCCOCCO)cc1. The molecule has 0 atom stereocenters. The molecule has 0 spiro atoms. The van der Waals surface area contributed by atoms with Gasteiger partial charge in [0.05, 0.1) is 19.8 Å². The van der Waals surface area contributed by atoms with Crippen LogP contribution in [-0.2, 0) is 4.74 Å². The lowest BCUT2D eigenvalue weighted by molar-refractivity contribution is 0.0838. The van der Waals surface area contributed by atoms with Crippen molar-refractivity contribution in [3.8, 4) is 11.1 Å². The number of carbonyl (C=O) groups is 1. The Morgan fingerprint density at radius 2 is 1.91 bits per heavy atom. The summed E-state index contributed by atoms with van der Waals surface area (Å²) in [4.78, 5) is 12.0. The first-order chi connectivity index (χ1) is 11.1. The van der Waals surface area contributed by atoms with Crippen molar-refractivity contribution in [2.45, 2.75) is 6.92 Å². The summed E-state index contributed by atoms with van der Waals surface area (Å²) in [6.07, 6.45) is 0. The van der Waals surface area contributed by atoms with E-state index >= 15 is 0 Å². The van der Waals surface area contributed by atoms with Crippen LogP contribution in [0.15, 0.2) is 42.5 Å². The number of benzene rings is 2. The topological polar surface area (TPSA) is 58.6 Å². The minimum atomic E-state index is -0.243. The number of carbonyl (C=O) groups excluding carboxylic acids is 1. The van der Waals surface area contributed by atoms with Gasteiger partial charge in [-0.05, 0) is 41.8 Å². The summed E-state index contributed by atoms with van der Waals surface area (Å²) in [5.74, 6) is -0.438. The fraction of sp³-hybridized carbons (Fsp3) is 0.278. The van der Waals surface area contributed by atoms with Gasteiger partial charge in [0.15, 0.2) is 0 Å². The smallest absolute Gasteiger partial charge is 0.251 e. The number of halogens is 1. The van der Waals surface area contributed by atoms with Crippen LogP contribution >= 0.6 is 0 Å². The van der Waals surface area contributed by atoms with Gasteiger partial charge in [0.1, 0.15) is 5.82 Å². The van der Waals surface area contributed by atoms with Gasteiger partial charge in [-0.25, -0.2) is 4.39 Å². The number of aliphatic hydroxyl groups is 1. The molecule has 2 N–H and O–H groups in total. The molecule has 0 bridgehead atoms. The third-order valence-electron chi connectivity index (χ3n) is 3.49. The van der Waals surface area contributed by atoms with Crippen molar-refractivity contribution in [2.75, 3.05) is 26.4 Å². The van der Waals surface area contributed by atoms with Gasteiger partial charge in [0.25, 0.3) is 5.91 Å². The van der Waals surface area contributed by atoms with E-state index in [2.05, 4.69) is 5.32 Å². The van der Waals surface area contributed by atoms with Crippen molar-refractivity contribution in [3.05, 3.63) is 59.4 Å². The van der Waals surface area contributed by atoms with Crippen molar-refractivity contribution in [3.63, 3.8) is 0 Å². The van der Waals surface area contributed by atoms with Gasteiger partial charge < -0.3 is 15.2 Å². The summed E-state index contributed by atoms with van der Waals surface area (Å²) in [6.45, 7) is 2.70. The van der Waals surface area contributed by atoms with Crippen LogP contribution in [0.2, 0.25) is 0 Å². The van der Waals surface area contributed by atoms with E-state index in [9.17, 15) is 9.18 Å². The molecule has 2 aromatic carbocycles. The molecule has 0 saturated heterocycles. The van der Waals surface area contributed by atoms with Gasteiger partial charge in [-0.1, -0.05) is 24.3 Å². The van der Waals surface area contributed by atoms with Crippen LogP contribution in [-0.4, -0.2) is 37.4 Å². The zero-order valence-electron chi connectivity index (χ0n) is 13.0. The predicted octanol–water partition coefficient (Wildman–Crippen LogP) is 2.54. The second kappa shape index (κ2) is 8.41. The van der Waals surface area contributed by atoms with Crippen LogP contribution < -0.4 is 5.32 Å². The normalized spacial score (nSPS) is 10.6. The van der Waals surface area contributed by atoms with Crippen molar-refractivity contribution >= 4 is 5.91 Å². The van der Waals surface area contributed by atoms with E-state index in [1.807, 2.05) is 6.07 Å². The number of rotatable bonds is 7. The third-order valence-corrected chi connectivity index (χ3v) is 3.49. The number of hydrogen-bond acceptors (Lipinski definition) is 3. The molecule has 0 aliphatic carbocycles. The maximum absolute atomic E-state index is 13.6. The van der Waals surface area contributed by atoms with Gasteiger partial charge in [0.2, 0.25) is 0 Å². The fourth-order valence-electron chi connectivity index (χ4n) is 2.23. The highest BCUT2D eigenvalue weighted by Gasteiger charge is 2.08. The van der Waals surface area contributed by atoms with Gasteiger partial charge in [-0.3, -0.25) is 4.79 Å². The Morgan fingerprint density at radius 1 is 1.17 bits per heavy atom. The van der Waals surface area contributed by atoms with Crippen molar-refractivity contribution in [1.29, 1.82) is 0 Å². The van der Waals surface area contributed by atoms with Gasteiger partial charge >= 0.3 is 0 Å². The maximum atomic E-state index is 13.6. The third kappa shape index (κ3) is 4.61. The molecule has 0 aromatic heterocycles. The van der Waals surface area contributed by atoms with Gasteiger partial charge in [0, 0.05) is 12.1 Å². The summed E-state index contributed by atoms with van der Waals surface area (Å²) in [6, 6.07) is 12.0. The number of nitrogens with one attached hydrogen (secondary N) is 1. The first-order valence-electron chi connectivity index (χ1n) is 7.46. The molecule has 5 heteroatoms. The van der Waals surface area contributed by atoms with Gasteiger partial charge in [-0.15, -0.1) is 0 Å². The molecular weight excluding hydrogens is 297 g/mol. The van der Waals surface area contributed by atoms with Crippen LogP contribution in [0.3, 0.4) is 0 Å². The Balaban J connectivity index is 1.99. The average molecular weight is 317 g/mol. The summed E-state index contributed by atoms with van der Waals surface area (Å²) in [5.41, 5.74) is 2.80. The highest BCUT2D eigenvalue weighted by atomic mass is 19.1. The lowest BCUT2D eigenvalue weighted by Crippen LogP contribution is -2.27. The Morgan fingerprint density at radius 3 is 2.61 bits per heavy atom. The van der Waals surface area contributed by atoms with E-state index in [1.54, 1.807) is 37.3 Å². The summed E-state index contributed by atoms with van der Waals surface area (Å²) >= 11 is 0. The lowest BCUT2D eigenvalue weighted by atomic mass is 9.99. The van der Waals surface area contributed by atoms with Crippen LogP contribution in [0.4, 0.5) is 4.39 Å². The second-order valence-corrected chi connectivity index (χ2v) is 5.08. The summed E-state index contributed by atoms with van der Waals surface area (Å²) in [5, 5.41) is 11.3. The van der Waals surface area contributed by atoms with Crippen LogP contribution in [0.1, 0.15) is 15.9 Å². The van der Waals surface area contributed by atoms with Crippen molar-refractivity contribution < 1.29 is 19.0 Å². The molecular formula is C18H20FNO3. The molecule has 0 heterocycles. The minimum absolute atomic E-state index is 0.0328. The fourth-order valence-corrected chi connectivity index (χ4v) is 2.23. The molecule has 122 valence electrons. The molecule has 4 nitrogen and oxygen atoms in total. The van der Waals surface area contributed by atoms with Crippen LogP contribution in [0.5, 0.6) is 0 Å². The van der Waals surface area contributed by atoms with Crippen molar-refractivity contribution in [1.82, 2.24) is 5.32 Å². The number of aliphatic hydroxyl groups excluding tert-OH is 1. The van der Waals surface area contributed by atoms with E-state index in [4.69, 9.17) is 9.84 Å². The maximum Gasteiger partial charge on any atom is 0.251 e. The minimum Gasteiger partial charge on any atom is -0.394 e. The highest BCUT2D eigenvalue weighted by Crippen LogP contribution is 2.25. The first-order valence-corrected chi connectivity index (χ1v) is 7.46. The summed E-state index contributed by atoms with van der Waals surface area (Å²) in [7, 11) is 0. The Bertz CT molecular complexity index is 656. The monoisotopic (exact) mass is 317 g/mol. The lowest BCUT2D eigenvalue weighted by Gasteiger charge is -2.09. The number of hydrogen-bond donors (Lipinski definition) is 2. The van der Waals surface area contributed by atoms with E-state index in [-0.39, 0.29) is 24.9 Å². The largest absolute Gasteiger partial charge is 0.394 e. The molecule has 0 aliphatic rings. The molecule has 0 fully saturated rings. The Hall–Kier alpha value is -2.24. The first kappa shape index (κ1) is 17.1. The molecule has 0 radical (unpaired) electrons. The highest BCUT2D eigenvalue weighted by molar-refractivity contribution is 5.94. The van der Waals surface area contributed by atoms with Gasteiger partial charge in [-0.2, -0.15) is 0 Å². The van der Waals surface area contributed by atoms with E-state index in [1.165, 1.54) is 6.07 Å². The molecule has 2 aromatic rings. The second-order valence-electron chi connectivity index (χ2n) is 5.08. The Kier molecular flexibility index (Phi) is 6.26. The number of amides is 1. The molecule has 23 heavy (non-hydrogen) atoms. The molecule has 0 saturated carbocycles. The Labute approximate surface area is 134 Å². The van der Waals surface area contributed by atoms with E-state index in [0.717, 1.165) is 11.1 Å². The molecule has 2 rings (SSSR count). The zero-order chi connectivity index (χ0) is 16.7. The van der Waals surface area contributed by atoms with E-state index < -0.39 is 0 Å².